The molecule has 1 aliphatic heterocycles. The van der Waals surface area contributed by atoms with Crippen molar-refractivity contribution in [3.63, 3.8) is 0 Å². The first kappa shape index (κ1) is 14.5. The number of aromatic amines is 1. The van der Waals surface area contributed by atoms with Gasteiger partial charge in [0.1, 0.15) is 31.9 Å². The molecule has 1 fully saturated rings. The minimum Gasteiger partial charge on any atom is -0.360 e. The molecule has 3 heterocycles. The lowest BCUT2D eigenvalue weighted by molar-refractivity contribution is -0.892. The number of amides is 1. The molecular weight excluding hydrogens is 282 g/mol. The van der Waals surface area contributed by atoms with Crippen molar-refractivity contribution in [1.29, 1.82) is 0 Å². The number of pyridine rings is 1. The number of hydrogen-bond donors (Lipinski definition) is 2. The van der Waals surface area contributed by atoms with E-state index in [-0.39, 0.29) is 5.91 Å². The maximum Gasteiger partial charge on any atom is 0.280 e. The van der Waals surface area contributed by atoms with E-state index in [2.05, 4.69) is 26.4 Å². The fraction of sp³-hybridized carbons (Fsp3) is 0.400. The van der Waals surface area contributed by atoms with Crippen LogP contribution in [0.5, 0.6) is 0 Å². The van der Waals surface area contributed by atoms with Crippen LogP contribution in [0.2, 0.25) is 0 Å². The number of nitrogens with one attached hydrogen (secondary N) is 3. The number of carbonyl (C=O) groups excluding carboxylic acids is 1. The summed E-state index contributed by atoms with van der Waals surface area (Å²) >= 11 is 0. The van der Waals surface area contributed by atoms with E-state index in [4.69, 9.17) is 4.52 Å². The highest BCUT2D eigenvalue weighted by molar-refractivity contribution is 5.90. The molecule has 0 radical (unpaired) electrons. The lowest BCUT2D eigenvalue weighted by Gasteiger charge is -2.27. The van der Waals surface area contributed by atoms with Gasteiger partial charge < -0.3 is 14.7 Å². The predicted octanol–water partition coefficient (Wildman–Crippen LogP) is -0.859. The van der Waals surface area contributed by atoms with Crippen molar-refractivity contribution < 1.29 is 19.2 Å². The lowest BCUT2D eigenvalue weighted by atomic mass is 10.3. The van der Waals surface area contributed by atoms with Gasteiger partial charge >= 0.3 is 0 Å². The van der Waals surface area contributed by atoms with Crippen LogP contribution in [-0.4, -0.2) is 43.8 Å². The first-order chi connectivity index (χ1) is 10.7. The molecule has 0 unspecified atom stereocenters. The minimum absolute atomic E-state index is 0.0250. The monoisotopic (exact) mass is 303 g/mol. The summed E-state index contributed by atoms with van der Waals surface area (Å²) in [5.74, 6) is 2.28. The number of anilines is 2. The Hall–Kier alpha value is -2.41. The van der Waals surface area contributed by atoms with Crippen LogP contribution >= 0.6 is 0 Å². The summed E-state index contributed by atoms with van der Waals surface area (Å²) in [5, 5.41) is 6.54. The predicted molar refractivity (Wildman–Crippen MR) is 80.6 cm³/mol. The Morgan fingerprint density at radius 3 is 2.91 bits per heavy atom. The Kier molecular flexibility index (Phi) is 4.34. The zero-order valence-electron chi connectivity index (χ0n) is 12.6. The Labute approximate surface area is 128 Å². The van der Waals surface area contributed by atoms with Gasteiger partial charge in [-0.2, -0.15) is 0 Å². The first-order valence-corrected chi connectivity index (χ1v) is 7.49. The van der Waals surface area contributed by atoms with Crippen LogP contribution in [0.1, 0.15) is 5.76 Å². The minimum atomic E-state index is -0.0250. The summed E-state index contributed by atoms with van der Waals surface area (Å²) in [6.07, 6.45) is 1.93. The Balaban J connectivity index is 1.46. The summed E-state index contributed by atoms with van der Waals surface area (Å²) < 4.78 is 4.94. The van der Waals surface area contributed by atoms with Crippen molar-refractivity contribution in [3.05, 3.63) is 36.2 Å². The highest BCUT2D eigenvalue weighted by Gasteiger charge is 2.27. The normalized spacial score (nSPS) is 15.8. The molecule has 7 heteroatoms. The van der Waals surface area contributed by atoms with Gasteiger partial charge in [-0.3, -0.25) is 9.69 Å². The average molecular weight is 303 g/mol. The molecule has 0 aromatic carbocycles. The average Bonchev–Trinajstić information content (AvgIpc) is 2.94. The molecular formula is C15H21N5O2+2. The van der Waals surface area contributed by atoms with E-state index < -0.39 is 0 Å². The van der Waals surface area contributed by atoms with Crippen molar-refractivity contribution in [3.8, 4) is 0 Å². The molecule has 0 atom stereocenters. The van der Waals surface area contributed by atoms with Gasteiger partial charge in [-0.1, -0.05) is 11.2 Å². The number of aromatic nitrogens is 2. The summed E-state index contributed by atoms with van der Waals surface area (Å²) in [4.78, 5) is 18.8. The van der Waals surface area contributed by atoms with Gasteiger partial charge in [-0.25, -0.2) is 4.98 Å². The van der Waals surface area contributed by atoms with Crippen molar-refractivity contribution in [2.75, 3.05) is 42.9 Å². The van der Waals surface area contributed by atoms with Crippen molar-refractivity contribution >= 4 is 17.5 Å². The second-order valence-electron chi connectivity index (χ2n) is 5.53. The fourth-order valence-electron chi connectivity index (χ4n) is 2.66. The fourth-order valence-corrected chi connectivity index (χ4v) is 2.66. The van der Waals surface area contributed by atoms with E-state index in [0.717, 1.165) is 32.0 Å². The molecule has 116 valence electrons. The number of nitrogens with zero attached hydrogens (tertiary/aromatic N) is 2. The lowest BCUT2D eigenvalue weighted by Crippen LogP contribution is -3.15. The van der Waals surface area contributed by atoms with Gasteiger partial charge in [-0.05, 0) is 13.0 Å². The third-order valence-corrected chi connectivity index (χ3v) is 3.81. The quantitative estimate of drug-likeness (QED) is 0.771. The van der Waals surface area contributed by atoms with Gasteiger partial charge in [-0.15, -0.1) is 0 Å². The van der Waals surface area contributed by atoms with Crippen LogP contribution in [0.3, 0.4) is 0 Å². The number of rotatable bonds is 4. The molecule has 0 aliphatic carbocycles. The zero-order valence-corrected chi connectivity index (χ0v) is 12.6. The molecule has 0 spiro atoms. The van der Waals surface area contributed by atoms with Crippen LogP contribution in [-0.2, 0) is 4.79 Å². The van der Waals surface area contributed by atoms with Gasteiger partial charge in [0.2, 0.25) is 0 Å². The molecule has 1 saturated heterocycles. The Morgan fingerprint density at radius 1 is 1.45 bits per heavy atom. The van der Waals surface area contributed by atoms with Crippen LogP contribution < -0.4 is 20.1 Å². The molecule has 22 heavy (non-hydrogen) atoms. The second kappa shape index (κ2) is 6.57. The van der Waals surface area contributed by atoms with Crippen LogP contribution in [0, 0.1) is 6.92 Å². The van der Waals surface area contributed by atoms with Gasteiger partial charge in [0.15, 0.2) is 12.4 Å². The topological polar surface area (TPSA) is 77.0 Å². The molecule has 1 amide bonds. The SMILES string of the molecule is Cc1cc(NC(=O)C[NH+]2CCN(c3cccc[nH+]3)CC2)no1. The molecule has 2 aromatic heterocycles. The van der Waals surface area contributed by atoms with E-state index in [1.165, 1.54) is 4.90 Å². The number of quaternary nitrogens is 1. The largest absolute Gasteiger partial charge is 0.360 e. The highest BCUT2D eigenvalue weighted by Crippen LogP contribution is 2.06. The summed E-state index contributed by atoms with van der Waals surface area (Å²) in [5.41, 5.74) is 0. The summed E-state index contributed by atoms with van der Waals surface area (Å²) in [6, 6.07) is 7.79. The molecule has 3 N–H and O–H groups in total. The number of piperazine rings is 1. The van der Waals surface area contributed by atoms with Crippen molar-refractivity contribution in [2.24, 2.45) is 0 Å². The van der Waals surface area contributed by atoms with Crippen molar-refractivity contribution in [1.82, 2.24) is 5.16 Å². The third kappa shape index (κ3) is 3.62. The maximum absolute atomic E-state index is 12.0. The molecule has 3 rings (SSSR count). The number of hydrogen-bond acceptors (Lipinski definition) is 4. The third-order valence-electron chi connectivity index (χ3n) is 3.81. The van der Waals surface area contributed by atoms with Crippen LogP contribution in [0.15, 0.2) is 35.0 Å². The molecule has 0 saturated carbocycles. The van der Waals surface area contributed by atoms with E-state index in [1.54, 1.807) is 13.0 Å². The Bertz CT molecular complexity index is 620. The summed E-state index contributed by atoms with van der Waals surface area (Å²) in [6.45, 7) is 6.01. The molecule has 0 bridgehead atoms. The van der Waals surface area contributed by atoms with E-state index in [0.29, 0.717) is 18.1 Å². The van der Waals surface area contributed by atoms with E-state index >= 15 is 0 Å². The number of aryl methyl sites for hydroxylation is 1. The zero-order chi connectivity index (χ0) is 15.4. The first-order valence-electron chi connectivity index (χ1n) is 7.49. The van der Waals surface area contributed by atoms with E-state index in [9.17, 15) is 4.79 Å². The number of carbonyl (C=O) groups is 1. The second-order valence-corrected chi connectivity index (χ2v) is 5.53. The smallest absolute Gasteiger partial charge is 0.280 e. The van der Waals surface area contributed by atoms with Gasteiger partial charge in [0.05, 0.1) is 6.20 Å². The molecule has 2 aromatic rings. The van der Waals surface area contributed by atoms with Crippen molar-refractivity contribution in [2.45, 2.75) is 6.92 Å². The summed E-state index contributed by atoms with van der Waals surface area (Å²) in [7, 11) is 0. The van der Waals surface area contributed by atoms with Crippen LogP contribution in [0.25, 0.3) is 0 Å². The molecule has 1 aliphatic rings. The van der Waals surface area contributed by atoms with E-state index in [1.807, 2.05) is 18.3 Å². The Morgan fingerprint density at radius 2 is 2.27 bits per heavy atom. The number of H-pyrrole nitrogens is 1. The van der Waals surface area contributed by atoms with Gasteiger partial charge in [0, 0.05) is 12.1 Å². The maximum atomic E-state index is 12.0. The standard InChI is InChI=1S/C15H19N5O2/c1-12-10-13(18-22-12)17-15(21)11-19-6-8-20(9-7-19)14-4-2-3-5-16-14/h2-5,10H,6-9,11H2,1H3,(H,17,18,21)/p+2. The highest BCUT2D eigenvalue weighted by atomic mass is 16.5. The van der Waals surface area contributed by atoms with Gasteiger partial charge in [0.25, 0.3) is 11.7 Å². The van der Waals surface area contributed by atoms with Crippen LogP contribution in [0.4, 0.5) is 11.6 Å². The molecule has 7 nitrogen and oxygen atoms in total.